The lowest BCUT2D eigenvalue weighted by Gasteiger charge is -2.17. The zero-order chi connectivity index (χ0) is 15.2. The van der Waals surface area contributed by atoms with Crippen LogP contribution < -0.4 is 10.0 Å². The Kier molecular flexibility index (Phi) is 6.85. The largest absolute Gasteiger partial charge is 0.384 e. The van der Waals surface area contributed by atoms with E-state index < -0.39 is 10.0 Å². The van der Waals surface area contributed by atoms with Crippen LogP contribution in [0.4, 0.5) is 5.69 Å². The summed E-state index contributed by atoms with van der Waals surface area (Å²) in [5.41, 5.74) is 0.661. The van der Waals surface area contributed by atoms with Gasteiger partial charge in [-0.2, -0.15) is 11.8 Å². The molecule has 1 rings (SSSR count). The molecular weight excluding hydrogens is 292 g/mol. The molecule has 0 saturated carbocycles. The lowest BCUT2D eigenvalue weighted by atomic mass is 10.2. The average molecular weight is 316 g/mol. The first kappa shape index (κ1) is 17.3. The summed E-state index contributed by atoms with van der Waals surface area (Å²) in [6, 6.07) is 6.90. The molecule has 0 fully saturated rings. The first-order chi connectivity index (χ1) is 9.36. The van der Waals surface area contributed by atoms with Gasteiger partial charge in [0.2, 0.25) is 10.0 Å². The molecule has 1 aromatic rings. The van der Waals surface area contributed by atoms with Crippen molar-refractivity contribution in [2.24, 2.45) is 5.92 Å². The fourth-order valence-corrected chi connectivity index (χ4v) is 3.97. The van der Waals surface area contributed by atoms with Crippen LogP contribution >= 0.6 is 11.8 Å². The number of hydrogen-bond donors (Lipinski definition) is 2. The van der Waals surface area contributed by atoms with Crippen molar-refractivity contribution in [2.75, 3.05) is 23.9 Å². The quantitative estimate of drug-likeness (QED) is 0.774. The zero-order valence-corrected chi connectivity index (χ0v) is 14.1. The number of anilines is 1. The molecule has 20 heavy (non-hydrogen) atoms. The van der Waals surface area contributed by atoms with E-state index in [1.165, 1.54) is 0 Å². The number of nitrogens with one attached hydrogen (secondary N) is 2. The molecule has 0 saturated heterocycles. The Morgan fingerprint density at radius 2 is 1.85 bits per heavy atom. The van der Waals surface area contributed by atoms with Crippen LogP contribution in [-0.4, -0.2) is 33.0 Å². The van der Waals surface area contributed by atoms with Crippen LogP contribution in [0.15, 0.2) is 29.2 Å². The highest BCUT2D eigenvalue weighted by Gasteiger charge is 2.19. The molecule has 0 amide bonds. The summed E-state index contributed by atoms with van der Waals surface area (Å²) in [6.07, 6.45) is 2.07. The first-order valence-electron chi connectivity index (χ1n) is 6.71. The van der Waals surface area contributed by atoms with Gasteiger partial charge in [0.1, 0.15) is 4.90 Å². The molecule has 114 valence electrons. The minimum absolute atomic E-state index is 0.122. The van der Waals surface area contributed by atoms with E-state index in [0.717, 1.165) is 12.3 Å². The smallest absolute Gasteiger partial charge is 0.242 e. The van der Waals surface area contributed by atoms with E-state index in [2.05, 4.69) is 23.2 Å². The molecule has 0 radical (unpaired) electrons. The molecule has 0 heterocycles. The Hall–Kier alpha value is -0.720. The number of rotatable bonds is 8. The van der Waals surface area contributed by atoms with Crippen molar-refractivity contribution < 1.29 is 8.42 Å². The maximum atomic E-state index is 12.3. The van der Waals surface area contributed by atoms with E-state index in [1.807, 2.05) is 19.9 Å². The van der Waals surface area contributed by atoms with Crippen LogP contribution in [0.2, 0.25) is 0 Å². The SMILES string of the molecule is CSCC(C)CNc1ccccc1S(=O)(=O)NC(C)C. The summed E-state index contributed by atoms with van der Waals surface area (Å²) in [5.74, 6) is 1.53. The van der Waals surface area contributed by atoms with Gasteiger partial charge in [0.05, 0.1) is 5.69 Å². The van der Waals surface area contributed by atoms with Crippen molar-refractivity contribution in [2.45, 2.75) is 31.7 Å². The number of sulfonamides is 1. The molecular formula is C14H24N2O2S2. The van der Waals surface area contributed by atoms with Gasteiger partial charge in [0.25, 0.3) is 0 Å². The van der Waals surface area contributed by atoms with Crippen molar-refractivity contribution in [3.8, 4) is 0 Å². The lowest BCUT2D eigenvalue weighted by molar-refractivity contribution is 0.570. The standard InChI is InChI=1S/C14H24N2O2S2/c1-11(2)16-20(17,18)14-8-6-5-7-13(14)15-9-12(3)10-19-4/h5-8,11-12,15-16H,9-10H2,1-4H3. The van der Waals surface area contributed by atoms with Gasteiger partial charge < -0.3 is 5.32 Å². The molecule has 1 unspecified atom stereocenters. The maximum absolute atomic E-state index is 12.3. The second kappa shape index (κ2) is 7.90. The number of benzene rings is 1. The first-order valence-corrected chi connectivity index (χ1v) is 9.58. The van der Waals surface area contributed by atoms with Gasteiger partial charge >= 0.3 is 0 Å². The summed E-state index contributed by atoms with van der Waals surface area (Å²) in [5, 5.41) is 3.24. The molecule has 1 aromatic carbocycles. The van der Waals surface area contributed by atoms with E-state index in [-0.39, 0.29) is 6.04 Å². The van der Waals surface area contributed by atoms with Crippen LogP contribution in [0.5, 0.6) is 0 Å². The van der Waals surface area contributed by atoms with E-state index in [1.54, 1.807) is 30.0 Å². The Balaban J connectivity index is 2.88. The predicted molar refractivity (Wildman–Crippen MR) is 87.9 cm³/mol. The fraction of sp³-hybridized carbons (Fsp3) is 0.571. The molecule has 6 heteroatoms. The summed E-state index contributed by atoms with van der Waals surface area (Å²) >= 11 is 1.79. The highest BCUT2D eigenvalue weighted by molar-refractivity contribution is 7.98. The Morgan fingerprint density at radius 3 is 2.45 bits per heavy atom. The zero-order valence-electron chi connectivity index (χ0n) is 12.5. The highest BCUT2D eigenvalue weighted by atomic mass is 32.2. The minimum Gasteiger partial charge on any atom is -0.384 e. The van der Waals surface area contributed by atoms with Crippen molar-refractivity contribution in [1.29, 1.82) is 0 Å². The van der Waals surface area contributed by atoms with E-state index in [0.29, 0.717) is 16.5 Å². The molecule has 0 aliphatic rings. The summed E-state index contributed by atoms with van der Waals surface area (Å²) in [7, 11) is -3.47. The second-order valence-electron chi connectivity index (χ2n) is 5.21. The Labute approximate surface area is 126 Å². The fourth-order valence-electron chi connectivity index (χ4n) is 1.85. The Bertz CT molecular complexity index is 516. The topological polar surface area (TPSA) is 58.2 Å². The van der Waals surface area contributed by atoms with Crippen LogP contribution in [0, 0.1) is 5.92 Å². The van der Waals surface area contributed by atoms with Gasteiger partial charge in [0.15, 0.2) is 0 Å². The third-order valence-corrected chi connectivity index (χ3v) is 5.28. The normalized spacial score (nSPS) is 13.4. The van der Waals surface area contributed by atoms with E-state index in [4.69, 9.17) is 0 Å². The molecule has 1 atom stereocenters. The van der Waals surface area contributed by atoms with Gasteiger partial charge in [0, 0.05) is 12.6 Å². The number of para-hydroxylation sites is 1. The van der Waals surface area contributed by atoms with Crippen molar-refractivity contribution >= 4 is 27.5 Å². The third-order valence-electron chi connectivity index (χ3n) is 2.66. The van der Waals surface area contributed by atoms with E-state index >= 15 is 0 Å². The van der Waals surface area contributed by atoms with Crippen LogP contribution in [-0.2, 0) is 10.0 Å². The molecule has 0 bridgehead atoms. The van der Waals surface area contributed by atoms with Gasteiger partial charge in [-0.15, -0.1) is 0 Å². The molecule has 0 aliphatic carbocycles. The monoisotopic (exact) mass is 316 g/mol. The Morgan fingerprint density at radius 1 is 1.20 bits per heavy atom. The van der Waals surface area contributed by atoms with Gasteiger partial charge in [-0.1, -0.05) is 19.1 Å². The predicted octanol–water partition coefficient (Wildman–Crippen LogP) is 2.78. The van der Waals surface area contributed by atoms with Crippen molar-refractivity contribution in [3.05, 3.63) is 24.3 Å². The molecule has 4 nitrogen and oxygen atoms in total. The highest BCUT2D eigenvalue weighted by Crippen LogP contribution is 2.21. The molecule has 0 spiro atoms. The van der Waals surface area contributed by atoms with Gasteiger partial charge in [-0.3, -0.25) is 0 Å². The minimum atomic E-state index is -3.47. The van der Waals surface area contributed by atoms with Crippen LogP contribution in [0.25, 0.3) is 0 Å². The average Bonchev–Trinajstić information content (AvgIpc) is 2.35. The van der Waals surface area contributed by atoms with E-state index in [9.17, 15) is 8.42 Å². The summed E-state index contributed by atoms with van der Waals surface area (Å²) in [6.45, 7) is 6.53. The van der Waals surface area contributed by atoms with Crippen molar-refractivity contribution in [1.82, 2.24) is 4.72 Å². The summed E-state index contributed by atoms with van der Waals surface area (Å²) < 4.78 is 27.2. The molecule has 2 N–H and O–H groups in total. The second-order valence-corrected chi connectivity index (χ2v) is 7.81. The third kappa shape index (κ3) is 5.34. The van der Waals surface area contributed by atoms with Crippen LogP contribution in [0.1, 0.15) is 20.8 Å². The van der Waals surface area contributed by atoms with Crippen molar-refractivity contribution in [3.63, 3.8) is 0 Å². The van der Waals surface area contributed by atoms with Crippen LogP contribution in [0.3, 0.4) is 0 Å². The molecule has 0 aliphatic heterocycles. The lowest BCUT2D eigenvalue weighted by Crippen LogP contribution is -2.31. The van der Waals surface area contributed by atoms with Gasteiger partial charge in [-0.05, 0) is 43.9 Å². The molecule has 0 aromatic heterocycles. The van der Waals surface area contributed by atoms with Gasteiger partial charge in [-0.25, -0.2) is 13.1 Å². The summed E-state index contributed by atoms with van der Waals surface area (Å²) in [4.78, 5) is 0.310. The number of thioether (sulfide) groups is 1. The number of hydrogen-bond acceptors (Lipinski definition) is 4. The maximum Gasteiger partial charge on any atom is 0.242 e.